The Labute approximate surface area is 186 Å². The van der Waals surface area contributed by atoms with E-state index in [1.165, 1.54) is 11.8 Å². The number of benzene rings is 2. The van der Waals surface area contributed by atoms with E-state index in [9.17, 15) is 4.79 Å². The van der Waals surface area contributed by atoms with E-state index >= 15 is 0 Å². The highest BCUT2D eigenvalue weighted by Gasteiger charge is 2.21. The maximum Gasteiger partial charge on any atom is 0.237 e. The van der Waals surface area contributed by atoms with Gasteiger partial charge >= 0.3 is 0 Å². The minimum Gasteiger partial charge on any atom is -0.497 e. The molecule has 0 bridgehead atoms. The molecule has 6 nitrogen and oxygen atoms in total. The van der Waals surface area contributed by atoms with Gasteiger partial charge in [-0.05, 0) is 55.2 Å². The molecule has 0 aliphatic carbocycles. The highest BCUT2D eigenvalue weighted by atomic mass is 32.2. The van der Waals surface area contributed by atoms with Gasteiger partial charge in [0, 0.05) is 17.1 Å². The van der Waals surface area contributed by atoms with Crippen molar-refractivity contribution in [3.05, 3.63) is 59.7 Å². The molecule has 2 aromatic heterocycles. The summed E-state index contributed by atoms with van der Waals surface area (Å²) >= 11 is 1.39. The molecule has 0 fully saturated rings. The number of methoxy groups -OCH3 is 1. The lowest BCUT2D eigenvalue weighted by Gasteiger charge is -2.16. The van der Waals surface area contributed by atoms with Crippen LogP contribution in [0.5, 0.6) is 5.75 Å². The normalized spacial score (nSPS) is 12.5. The fraction of sp³-hybridized carbons (Fsp3) is 0.292. The Hall–Kier alpha value is -3.06. The Kier molecular flexibility index (Phi) is 5.87. The van der Waals surface area contributed by atoms with Gasteiger partial charge < -0.3 is 10.1 Å². The van der Waals surface area contributed by atoms with Crippen molar-refractivity contribution in [3.8, 4) is 5.75 Å². The lowest BCUT2D eigenvalue weighted by molar-refractivity contribution is -0.115. The zero-order chi connectivity index (χ0) is 22.1. The van der Waals surface area contributed by atoms with Crippen LogP contribution in [0.4, 0.5) is 5.69 Å². The molecular formula is C24H26N4O2S. The van der Waals surface area contributed by atoms with Crippen molar-refractivity contribution in [3.63, 3.8) is 0 Å². The molecule has 1 atom stereocenters. The maximum absolute atomic E-state index is 13.0. The van der Waals surface area contributed by atoms with Gasteiger partial charge in [0.2, 0.25) is 5.91 Å². The summed E-state index contributed by atoms with van der Waals surface area (Å²) in [7, 11) is 1.65. The number of carbonyl (C=O) groups excluding carboxylic acids is 1. The van der Waals surface area contributed by atoms with Crippen LogP contribution < -0.4 is 10.1 Å². The summed E-state index contributed by atoms with van der Waals surface area (Å²) in [6.45, 7) is 8.17. The highest BCUT2D eigenvalue weighted by Crippen LogP contribution is 2.31. The standard InChI is InChI=1S/C24H26N4O2S/c1-14(2)18-8-6-7-9-20(18)25-23(29)16(4)31-24-27-26-22-12-15(3)19-11-10-17(30-5)13-21(19)28(22)24/h6-14,16H,1-5H3,(H,25,29). The molecule has 0 saturated carbocycles. The summed E-state index contributed by atoms with van der Waals surface area (Å²) in [4.78, 5) is 13.0. The Morgan fingerprint density at radius 3 is 2.61 bits per heavy atom. The van der Waals surface area contributed by atoms with Crippen molar-refractivity contribution in [2.75, 3.05) is 12.4 Å². The number of thioether (sulfide) groups is 1. The number of amides is 1. The Morgan fingerprint density at radius 2 is 1.87 bits per heavy atom. The number of hydrogen-bond donors (Lipinski definition) is 1. The molecule has 0 aliphatic rings. The molecule has 0 saturated heterocycles. The minimum absolute atomic E-state index is 0.0659. The predicted molar refractivity (Wildman–Crippen MR) is 126 cm³/mol. The van der Waals surface area contributed by atoms with Gasteiger partial charge in [-0.1, -0.05) is 43.8 Å². The molecule has 2 aromatic carbocycles. The van der Waals surface area contributed by atoms with Gasteiger partial charge in [0.15, 0.2) is 10.8 Å². The summed E-state index contributed by atoms with van der Waals surface area (Å²) < 4.78 is 7.41. The number of aromatic nitrogens is 3. The molecule has 7 heteroatoms. The second kappa shape index (κ2) is 8.59. The lowest BCUT2D eigenvalue weighted by atomic mass is 10.0. The minimum atomic E-state index is -0.352. The lowest BCUT2D eigenvalue weighted by Crippen LogP contribution is -2.23. The fourth-order valence-electron chi connectivity index (χ4n) is 3.67. The quantitative estimate of drug-likeness (QED) is 0.409. The fourth-order valence-corrected chi connectivity index (χ4v) is 4.53. The second-order valence-corrected chi connectivity index (χ2v) is 9.19. The number of anilines is 1. The molecule has 1 unspecified atom stereocenters. The van der Waals surface area contributed by atoms with Gasteiger partial charge in [0.25, 0.3) is 0 Å². The summed E-state index contributed by atoms with van der Waals surface area (Å²) in [6, 6.07) is 15.9. The third kappa shape index (κ3) is 4.10. The van der Waals surface area contributed by atoms with E-state index in [1.807, 2.05) is 59.9 Å². The van der Waals surface area contributed by atoms with Crippen molar-refractivity contribution in [2.24, 2.45) is 0 Å². The topological polar surface area (TPSA) is 68.5 Å². The number of fused-ring (bicyclic) bond motifs is 3. The van der Waals surface area contributed by atoms with Crippen LogP contribution in [-0.2, 0) is 4.79 Å². The number of nitrogens with zero attached hydrogens (tertiary/aromatic N) is 3. The summed E-state index contributed by atoms with van der Waals surface area (Å²) in [6.07, 6.45) is 0. The zero-order valence-electron chi connectivity index (χ0n) is 18.3. The van der Waals surface area contributed by atoms with Gasteiger partial charge in [0.1, 0.15) is 5.75 Å². The van der Waals surface area contributed by atoms with Crippen LogP contribution in [0.3, 0.4) is 0 Å². The van der Waals surface area contributed by atoms with Crippen LogP contribution in [0, 0.1) is 6.92 Å². The van der Waals surface area contributed by atoms with E-state index in [0.29, 0.717) is 11.1 Å². The predicted octanol–water partition coefficient (Wildman–Crippen LogP) is 5.44. The van der Waals surface area contributed by atoms with Crippen LogP contribution in [0.1, 0.15) is 37.8 Å². The highest BCUT2D eigenvalue weighted by molar-refractivity contribution is 8.00. The number of carbonyl (C=O) groups is 1. The summed E-state index contributed by atoms with van der Waals surface area (Å²) in [5.41, 5.74) is 4.80. The Morgan fingerprint density at radius 1 is 1.10 bits per heavy atom. The monoisotopic (exact) mass is 434 g/mol. The third-order valence-electron chi connectivity index (χ3n) is 5.37. The molecule has 1 N–H and O–H groups in total. The van der Waals surface area contributed by atoms with Gasteiger partial charge in [0.05, 0.1) is 17.9 Å². The molecule has 0 spiro atoms. The molecule has 0 radical (unpaired) electrons. The molecular weight excluding hydrogens is 408 g/mol. The van der Waals surface area contributed by atoms with Gasteiger partial charge in [-0.15, -0.1) is 10.2 Å². The molecule has 160 valence electrons. The molecule has 0 aliphatic heterocycles. The molecule has 31 heavy (non-hydrogen) atoms. The molecule has 4 aromatic rings. The molecule has 4 rings (SSSR count). The van der Waals surface area contributed by atoms with Crippen molar-refractivity contribution in [2.45, 2.75) is 44.0 Å². The number of ether oxygens (including phenoxy) is 1. The largest absolute Gasteiger partial charge is 0.497 e. The first-order valence-corrected chi connectivity index (χ1v) is 11.2. The van der Waals surface area contributed by atoms with Crippen molar-refractivity contribution < 1.29 is 9.53 Å². The molecule has 1 amide bonds. The van der Waals surface area contributed by atoms with E-state index in [2.05, 4.69) is 36.3 Å². The van der Waals surface area contributed by atoms with E-state index in [4.69, 9.17) is 4.74 Å². The van der Waals surface area contributed by atoms with E-state index in [-0.39, 0.29) is 11.2 Å². The van der Waals surface area contributed by atoms with Gasteiger partial charge in [-0.25, -0.2) is 0 Å². The van der Waals surface area contributed by atoms with Crippen LogP contribution in [0.15, 0.2) is 53.7 Å². The number of hydrogen-bond acceptors (Lipinski definition) is 5. The van der Waals surface area contributed by atoms with Crippen LogP contribution >= 0.6 is 11.8 Å². The first-order valence-electron chi connectivity index (χ1n) is 10.3. The maximum atomic E-state index is 13.0. The Bertz CT molecular complexity index is 1270. The summed E-state index contributed by atoms with van der Waals surface area (Å²) in [5, 5.41) is 13.2. The van der Waals surface area contributed by atoms with Crippen molar-refractivity contribution >= 4 is 39.9 Å². The van der Waals surface area contributed by atoms with Gasteiger partial charge in [-0.3, -0.25) is 9.20 Å². The van der Waals surface area contributed by atoms with E-state index in [0.717, 1.165) is 39.1 Å². The second-order valence-electron chi connectivity index (χ2n) is 7.88. The third-order valence-corrected chi connectivity index (χ3v) is 6.41. The number of nitrogens with one attached hydrogen (secondary N) is 1. The number of para-hydroxylation sites is 1. The first kappa shape index (κ1) is 21.2. The first-order chi connectivity index (χ1) is 14.9. The average molecular weight is 435 g/mol. The van der Waals surface area contributed by atoms with Crippen LogP contribution in [0.25, 0.3) is 16.6 Å². The van der Waals surface area contributed by atoms with E-state index < -0.39 is 0 Å². The van der Waals surface area contributed by atoms with Crippen molar-refractivity contribution in [1.82, 2.24) is 14.6 Å². The number of aryl methyl sites for hydroxylation is 1. The van der Waals surface area contributed by atoms with Gasteiger partial charge in [-0.2, -0.15) is 0 Å². The van der Waals surface area contributed by atoms with Crippen LogP contribution in [-0.4, -0.2) is 32.9 Å². The van der Waals surface area contributed by atoms with E-state index in [1.54, 1.807) is 7.11 Å². The Balaban J connectivity index is 1.65. The number of rotatable bonds is 6. The van der Waals surface area contributed by atoms with Crippen molar-refractivity contribution in [1.29, 1.82) is 0 Å². The van der Waals surface area contributed by atoms with Crippen LogP contribution in [0.2, 0.25) is 0 Å². The molecule has 2 heterocycles. The zero-order valence-corrected chi connectivity index (χ0v) is 19.2. The smallest absolute Gasteiger partial charge is 0.237 e. The summed E-state index contributed by atoms with van der Waals surface area (Å²) in [5.74, 6) is 1.02. The average Bonchev–Trinajstić information content (AvgIpc) is 3.16. The number of pyridine rings is 1. The SMILES string of the molecule is COc1ccc2c(C)cc3nnc(SC(C)C(=O)Nc4ccccc4C(C)C)n3c2c1.